The summed E-state index contributed by atoms with van der Waals surface area (Å²) in [5.41, 5.74) is 0.953. The lowest BCUT2D eigenvalue weighted by Gasteiger charge is -2.18. The molecule has 1 aromatic heterocycles. The second kappa shape index (κ2) is 4.09. The normalized spacial score (nSPS) is 15.1. The van der Waals surface area contributed by atoms with Crippen LogP contribution in [0.5, 0.6) is 0 Å². The van der Waals surface area contributed by atoms with Crippen LogP contribution in [-0.4, -0.2) is 29.9 Å². The van der Waals surface area contributed by atoms with E-state index in [4.69, 9.17) is 0 Å². The van der Waals surface area contributed by atoms with Crippen molar-refractivity contribution in [3.63, 3.8) is 0 Å². The number of hydrogen-bond donors (Lipinski definition) is 1. The Kier molecular flexibility index (Phi) is 2.78. The van der Waals surface area contributed by atoms with Crippen LogP contribution in [0.2, 0.25) is 0 Å². The molecule has 1 N–H and O–H groups in total. The molecular weight excluding hydrogens is 224 g/mol. The van der Waals surface area contributed by atoms with Gasteiger partial charge in [-0.3, -0.25) is 14.6 Å². The van der Waals surface area contributed by atoms with Gasteiger partial charge in [0.25, 0.3) is 0 Å². The number of Topliss-reactive ketones (excluding diaryl/α,β-unsaturated/α-hetero) is 2. The lowest BCUT2D eigenvalue weighted by molar-refractivity contribution is 0.0972. The first-order valence-electron chi connectivity index (χ1n) is 4.71. The van der Waals surface area contributed by atoms with Gasteiger partial charge in [-0.25, -0.2) is 0 Å². The number of pyridine rings is 1. The molecule has 1 heterocycles. The molecule has 1 aliphatic carbocycles. The zero-order chi connectivity index (χ0) is 11.7. The molecule has 2 rings (SSSR count). The Hall–Kier alpha value is -1.62. The molecule has 0 bridgehead atoms. The maximum Gasteiger partial charge on any atom is 0.229 e. The quantitative estimate of drug-likeness (QED) is 0.834. The first-order valence-corrected chi connectivity index (χ1v) is 5.93. The molecule has 0 spiro atoms. The van der Waals surface area contributed by atoms with Gasteiger partial charge in [0.2, 0.25) is 11.6 Å². The molecule has 0 aliphatic heterocycles. The molecule has 0 radical (unpaired) electrons. The van der Waals surface area contributed by atoms with E-state index in [1.807, 2.05) is 0 Å². The summed E-state index contributed by atoms with van der Waals surface area (Å²) in [5, 5.41) is 2.77. The van der Waals surface area contributed by atoms with Crippen molar-refractivity contribution in [2.24, 2.45) is 0 Å². The predicted octanol–water partition coefficient (Wildman–Crippen LogP) is 1.25. The summed E-state index contributed by atoms with van der Waals surface area (Å²) in [4.78, 5) is 28.5. The van der Waals surface area contributed by atoms with Crippen LogP contribution in [0.1, 0.15) is 20.8 Å². The van der Waals surface area contributed by atoms with E-state index >= 15 is 0 Å². The van der Waals surface area contributed by atoms with Crippen molar-refractivity contribution in [2.45, 2.75) is 0 Å². The number of rotatable bonds is 2. The number of fused-ring (bicyclic) bond motifs is 1. The predicted molar refractivity (Wildman–Crippen MR) is 62.5 cm³/mol. The molecule has 82 valence electrons. The van der Waals surface area contributed by atoms with Crippen molar-refractivity contribution in [3.05, 3.63) is 40.2 Å². The van der Waals surface area contributed by atoms with E-state index in [0.29, 0.717) is 16.2 Å². The molecule has 16 heavy (non-hydrogen) atoms. The van der Waals surface area contributed by atoms with Crippen LogP contribution in [-0.2, 0) is 0 Å². The molecule has 5 heteroatoms. The number of ketones is 2. The van der Waals surface area contributed by atoms with E-state index in [9.17, 15) is 9.59 Å². The minimum absolute atomic E-state index is 0.139. The fourth-order valence-corrected chi connectivity index (χ4v) is 2.34. The minimum atomic E-state index is -0.220. The Morgan fingerprint density at radius 3 is 2.69 bits per heavy atom. The first kappa shape index (κ1) is 10.9. The third-order valence-corrected chi connectivity index (χ3v) is 3.18. The number of aromatic nitrogens is 1. The second-order valence-electron chi connectivity index (χ2n) is 3.22. The van der Waals surface area contributed by atoms with Crippen LogP contribution in [0.15, 0.2) is 28.9 Å². The molecule has 0 fully saturated rings. The van der Waals surface area contributed by atoms with Gasteiger partial charge >= 0.3 is 0 Å². The number of allylic oxidation sites excluding steroid dienone is 2. The number of likely N-dealkylation sites (N-methyl/N-ethyl adjacent to an activating group) is 1. The molecule has 0 saturated carbocycles. The van der Waals surface area contributed by atoms with Crippen molar-refractivity contribution in [2.75, 3.05) is 13.3 Å². The second-order valence-corrected chi connectivity index (χ2v) is 4.03. The largest absolute Gasteiger partial charge is 0.384 e. The Balaban J connectivity index is 2.67. The van der Waals surface area contributed by atoms with Gasteiger partial charge in [0.15, 0.2) is 0 Å². The molecule has 0 saturated heterocycles. The van der Waals surface area contributed by atoms with Crippen LogP contribution >= 0.6 is 11.8 Å². The van der Waals surface area contributed by atoms with E-state index in [-0.39, 0.29) is 17.3 Å². The van der Waals surface area contributed by atoms with Gasteiger partial charge in [0.05, 0.1) is 10.5 Å². The Morgan fingerprint density at radius 2 is 2.06 bits per heavy atom. The number of thioether (sulfide) groups is 1. The SMILES string of the molecule is CNC1=C(SC)C(=O)c2cccnc2C1=O. The third-order valence-electron chi connectivity index (χ3n) is 2.38. The van der Waals surface area contributed by atoms with Crippen molar-refractivity contribution >= 4 is 23.3 Å². The summed E-state index contributed by atoms with van der Waals surface area (Å²) in [6.45, 7) is 0. The van der Waals surface area contributed by atoms with Crippen molar-refractivity contribution in [1.29, 1.82) is 0 Å². The molecule has 1 aliphatic rings. The molecular formula is C11H10N2O2S. The number of carbonyl (C=O) groups is 2. The van der Waals surface area contributed by atoms with Crippen LogP contribution in [0.25, 0.3) is 0 Å². The van der Waals surface area contributed by atoms with Crippen LogP contribution in [0, 0.1) is 0 Å². The molecule has 0 atom stereocenters. The number of hydrogen-bond acceptors (Lipinski definition) is 5. The van der Waals surface area contributed by atoms with Gasteiger partial charge in [-0.05, 0) is 18.4 Å². The molecule has 0 amide bonds. The Bertz CT molecular complexity index is 463. The summed E-state index contributed by atoms with van der Waals surface area (Å²) in [7, 11) is 1.63. The fraction of sp³-hybridized carbons (Fsp3) is 0.182. The summed E-state index contributed by atoms with van der Waals surface area (Å²) in [5.74, 6) is -0.360. The van der Waals surface area contributed by atoms with E-state index in [0.717, 1.165) is 0 Å². The van der Waals surface area contributed by atoms with E-state index in [2.05, 4.69) is 10.3 Å². The standard InChI is InChI=1S/C11H10N2O2S/c1-12-8-10(15)7-6(4-3-5-13-7)9(14)11(8)16-2/h3-5,12H,1-2H3. The van der Waals surface area contributed by atoms with Crippen LogP contribution in [0.3, 0.4) is 0 Å². The van der Waals surface area contributed by atoms with Gasteiger partial charge in [-0.15, -0.1) is 11.8 Å². The number of nitrogens with zero attached hydrogens (tertiary/aromatic N) is 1. The highest BCUT2D eigenvalue weighted by Gasteiger charge is 2.32. The maximum absolute atomic E-state index is 12.1. The monoisotopic (exact) mass is 234 g/mol. The van der Waals surface area contributed by atoms with Crippen LogP contribution in [0.4, 0.5) is 0 Å². The third kappa shape index (κ3) is 1.44. The van der Waals surface area contributed by atoms with Gasteiger partial charge in [0, 0.05) is 13.2 Å². The zero-order valence-electron chi connectivity index (χ0n) is 8.90. The summed E-state index contributed by atoms with van der Waals surface area (Å²) in [6, 6.07) is 3.29. The Labute approximate surface area is 97.1 Å². The van der Waals surface area contributed by atoms with Gasteiger partial charge < -0.3 is 5.32 Å². The van der Waals surface area contributed by atoms with Crippen molar-refractivity contribution < 1.29 is 9.59 Å². The lowest BCUT2D eigenvalue weighted by atomic mass is 9.97. The van der Waals surface area contributed by atoms with Gasteiger partial charge in [-0.1, -0.05) is 0 Å². The summed E-state index contributed by atoms with van der Waals surface area (Å²) < 4.78 is 0. The smallest absolute Gasteiger partial charge is 0.229 e. The van der Waals surface area contributed by atoms with Crippen molar-refractivity contribution in [3.8, 4) is 0 Å². The maximum atomic E-state index is 12.1. The average Bonchev–Trinajstić information content (AvgIpc) is 2.33. The topological polar surface area (TPSA) is 59.1 Å². The minimum Gasteiger partial charge on any atom is -0.384 e. The molecule has 1 aromatic rings. The van der Waals surface area contributed by atoms with Crippen LogP contribution < -0.4 is 5.32 Å². The number of nitrogens with one attached hydrogen (secondary N) is 1. The van der Waals surface area contributed by atoms with Gasteiger partial charge in [-0.2, -0.15) is 0 Å². The lowest BCUT2D eigenvalue weighted by Crippen LogP contribution is -2.28. The Morgan fingerprint density at radius 1 is 1.31 bits per heavy atom. The zero-order valence-corrected chi connectivity index (χ0v) is 9.72. The molecule has 0 aromatic carbocycles. The average molecular weight is 234 g/mol. The highest BCUT2D eigenvalue weighted by atomic mass is 32.2. The summed E-state index contributed by atoms with van der Waals surface area (Å²) in [6.07, 6.45) is 3.29. The highest BCUT2D eigenvalue weighted by molar-refractivity contribution is 8.03. The molecule has 0 unspecified atom stereocenters. The molecule has 4 nitrogen and oxygen atoms in total. The van der Waals surface area contributed by atoms with E-state index < -0.39 is 0 Å². The van der Waals surface area contributed by atoms with Gasteiger partial charge in [0.1, 0.15) is 11.4 Å². The number of carbonyl (C=O) groups excluding carboxylic acids is 2. The first-order chi connectivity index (χ1) is 7.70. The van der Waals surface area contributed by atoms with Crippen molar-refractivity contribution in [1.82, 2.24) is 10.3 Å². The fourth-order valence-electron chi connectivity index (χ4n) is 1.65. The highest BCUT2D eigenvalue weighted by Crippen LogP contribution is 2.28. The van der Waals surface area contributed by atoms with E-state index in [1.54, 1.807) is 25.4 Å². The summed E-state index contributed by atoms with van der Waals surface area (Å²) >= 11 is 1.27. The van der Waals surface area contributed by atoms with E-state index in [1.165, 1.54) is 18.0 Å².